The van der Waals surface area contributed by atoms with Gasteiger partial charge in [-0.05, 0) is 17.7 Å². The fraction of sp³-hybridized carbons (Fsp3) is 0.188. The molecule has 0 N–H and O–H groups in total. The molecule has 3 nitrogen and oxygen atoms in total. The Labute approximate surface area is 127 Å². The lowest BCUT2D eigenvalue weighted by atomic mass is 10.1. The van der Waals surface area contributed by atoms with E-state index in [0.717, 1.165) is 22.4 Å². The minimum atomic E-state index is 0.365. The molecule has 2 aromatic rings. The van der Waals surface area contributed by atoms with Crippen LogP contribution in [-0.2, 0) is 10.2 Å². The summed E-state index contributed by atoms with van der Waals surface area (Å²) in [5.74, 6) is 0.821. The van der Waals surface area contributed by atoms with E-state index in [2.05, 4.69) is 21.1 Å². The van der Waals surface area contributed by atoms with Gasteiger partial charge in [0.15, 0.2) is 0 Å². The normalized spacial score (nSPS) is 11.2. The van der Waals surface area contributed by atoms with Crippen molar-refractivity contribution in [3.8, 4) is 5.75 Å². The van der Waals surface area contributed by atoms with E-state index < -0.39 is 0 Å². The van der Waals surface area contributed by atoms with Crippen LogP contribution in [0.3, 0.4) is 0 Å². The Kier molecular flexibility index (Phi) is 5.62. The Morgan fingerprint density at radius 1 is 1.10 bits per heavy atom. The van der Waals surface area contributed by atoms with Crippen molar-refractivity contribution in [2.45, 2.75) is 5.33 Å². The highest BCUT2D eigenvalue weighted by molar-refractivity contribution is 9.08. The molecule has 0 saturated heterocycles. The number of alkyl halides is 1. The van der Waals surface area contributed by atoms with Gasteiger partial charge in [-0.25, -0.2) is 0 Å². The topological polar surface area (TPSA) is 30.8 Å². The van der Waals surface area contributed by atoms with Crippen LogP contribution in [0.5, 0.6) is 5.75 Å². The molecule has 0 heterocycles. The summed E-state index contributed by atoms with van der Waals surface area (Å²) in [6, 6.07) is 17.8. The van der Waals surface area contributed by atoms with Gasteiger partial charge in [-0.15, -0.1) is 0 Å². The average molecular weight is 334 g/mol. The second-order valence-corrected chi connectivity index (χ2v) is 4.72. The number of nitrogens with zero attached hydrogens (tertiary/aromatic N) is 1. The molecule has 4 heteroatoms. The number of oxime groups is 1. The molecule has 2 rings (SSSR count). The summed E-state index contributed by atoms with van der Waals surface area (Å²) in [7, 11) is 1.54. The van der Waals surface area contributed by atoms with Gasteiger partial charge in [-0.1, -0.05) is 63.6 Å². The van der Waals surface area contributed by atoms with E-state index in [9.17, 15) is 0 Å². The third-order valence-corrected chi connectivity index (χ3v) is 3.38. The number of hydrogen-bond donors (Lipinski definition) is 0. The standard InChI is InChI=1S/C16H16BrNO2/c1-19-18-16(14-7-3-2-4-8-14)12-20-15-9-5-6-13(10-15)11-17/h2-10H,11-12H2,1H3. The van der Waals surface area contributed by atoms with Crippen molar-refractivity contribution in [3.63, 3.8) is 0 Å². The third kappa shape index (κ3) is 4.10. The van der Waals surface area contributed by atoms with Crippen molar-refractivity contribution >= 4 is 21.6 Å². The van der Waals surface area contributed by atoms with Gasteiger partial charge in [0.25, 0.3) is 0 Å². The predicted molar refractivity (Wildman–Crippen MR) is 84.6 cm³/mol. The first-order valence-electron chi connectivity index (χ1n) is 6.26. The molecule has 0 bridgehead atoms. The van der Waals surface area contributed by atoms with E-state index in [1.807, 2.05) is 54.6 Å². The SMILES string of the molecule is CON=C(COc1cccc(CBr)c1)c1ccccc1. The summed E-state index contributed by atoms with van der Waals surface area (Å²) >= 11 is 3.43. The van der Waals surface area contributed by atoms with Gasteiger partial charge in [0, 0.05) is 10.9 Å². The molecule has 0 amide bonds. The quantitative estimate of drug-likeness (QED) is 0.454. The highest BCUT2D eigenvalue weighted by Crippen LogP contribution is 2.16. The Hall–Kier alpha value is -1.81. The van der Waals surface area contributed by atoms with E-state index in [1.54, 1.807) is 0 Å². The molecule has 20 heavy (non-hydrogen) atoms. The fourth-order valence-electron chi connectivity index (χ4n) is 1.77. The Morgan fingerprint density at radius 3 is 2.60 bits per heavy atom. The monoisotopic (exact) mass is 333 g/mol. The highest BCUT2D eigenvalue weighted by Gasteiger charge is 2.06. The van der Waals surface area contributed by atoms with E-state index in [-0.39, 0.29) is 0 Å². The van der Waals surface area contributed by atoms with Crippen LogP contribution < -0.4 is 4.74 Å². The van der Waals surface area contributed by atoms with E-state index in [0.29, 0.717) is 6.61 Å². The minimum absolute atomic E-state index is 0.365. The molecule has 104 valence electrons. The lowest BCUT2D eigenvalue weighted by molar-refractivity contribution is 0.210. The third-order valence-electron chi connectivity index (χ3n) is 2.74. The van der Waals surface area contributed by atoms with Gasteiger partial charge in [0.1, 0.15) is 25.2 Å². The van der Waals surface area contributed by atoms with Gasteiger partial charge in [0.2, 0.25) is 0 Å². The van der Waals surface area contributed by atoms with Crippen LogP contribution in [0.2, 0.25) is 0 Å². The maximum Gasteiger partial charge on any atom is 0.134 e. The van der Waals surface area contributed by atoms with Gasteiger partial charge in [-0.2, -0.15) is 0 Å². The fourth-order valence-corrected chi connectivity index (χ4v) is 2.12. The van der Waals surface area contributed by atoms with Crippen LogP contribution in [0.4, 0.5) is 0 Å². The smallest absolute Gasteiger partial charge is 0.134 e. The second kappa shape index (κ2) is 7.70. The summed E-state index contributed by atoms with van der Waals surface area (Å²) in [4.78, 5) is 4.89. The minimum Gasteiger partial charge on any atom is -0.487 e. The maximum absolute atomic E-state index is 5.79. The molecular weight excluding hydrogens is 318 g/mol. The van der Waals surface area contributed by atoms with E-state index in [4.69, 9.17) is 9.57 Å². The van der Waals surface area contributed by atoms with Gasteiger partial charge >= 0.3 is 0 Å². The van der Waals surface area contributed by atoms with Crippen LogP contribution in [0, 0.1) is 0 Å². The first-order valence-corrected chi connectivity index (χ1v) is 7.39. The molecule has 2 aromatic carbocycles. The number of halogens is 1. The summed E-state index contributed by atoms with van der Waals surface area (Å²) in [5, 5.41) is 4.84. The second-order valence-electron chi connectivity index (χ2n) is 4.16. The van der Waals surface area contributed by atoms with E-state index in [1.165, 1.54) is 12.7 Å². The predicted octanol–water partition coefficient (Wildman–Crippen LogP) is 4.01. The van der Waals surface area contributed by atoms with Gasteiger partial charge < -0.3 is 9.57 Å². The van der Waals surface area contributed by atoms with Crippen LogP contribution in [0.1, 0.15) is 11.1 Å². The van der Waals surface area contributed by atoms with Crippen molar-refractivity contribution in [3.05, 3.63) is 65.7 Å². The van der Waals surface area contributed by atoms with Crippen LogP contribution in [0.25, 0.3) is 0 Å². The number of benzene rings is 2. The molecule has 0 atom stereocenters. The lowest BCUT2D eigenvalue weighted by Crippen LogP contribution is -2.13. The molecule has 0 radical (unpaired) electrons. The summed E-state index contributed by atoms with van der Waals surface area (Å²) < 4.78 is 5.79. The zero-order valence-electron chi connectivity index (χ0n) is 11.3. The molecule has 0 aliphatic carbocycles. The van der Waals surface area contributed by atoms with E-state index >= 15 is 0 Å². The largest absolute Gasteiger partial charge is 0.487 e. The molecular formula is C16H16BrNO2. The number of hydrogen-bond acceptors (Lipinski definition) is 3. The maximum atomic E-state index is 5.79. The van der Waals surface area contributed by atoms with Crippen LogP contribution in [0.15, 0.2) is 59.8 Å². The van der Waals surface area contributed by atoms with Gasteiger partial charge in [-0.3, -0.25) is 0 Å². The molecule has 0 unspecified atom stereocenters. The molecule has 0 aliphatic rings. The van der Waals surface area contributed by atoms with Crippen molar-refractivity contribution in [1.82, 2.24) is 0 Å². The lowest BCUT2D eigenvalue weighted by Gasteiger charge is -2.09. The molecule has 0 aliphatic heterocycles. The first kappa shape index (κ1) is 14.6. The van der Waals surface area contributed by atoms with Crippen LogP contribution >= 0.6 is 15.9 Å². The van der Waals surface area contributed by atoms with Crippen molar-refractivity contribution in [2.75, 3.05) is 13.7 Å². The Balaban J connectivity index is 2.08. The Bertz CT molecular complexity index is 570. The Morgan fingerprint density at radius 2 is 1.90 bits per heavy atom. The zero-order chi connectivity index (χ0) is 14.2. The van der Waals surface area contributed by atoms with Crippen molar-refractivity contribution in [1.29, 1.82) is 0 Å². The molecule has 0 spiro atoms. The average Bonchev–Trinajstić information content (AvgIpc) is 2.52. The summed E-state index contributed by atoms with van der Waals surface area (Å²) in [6.45, 7) is 0.365. The van der Waals surface area contributed by atoms with Crippen molar-refractivity contribution in [2.24, 2.45) is 5.16 Å². The molecule has 0 saturated carbocycles. The summed E-state index contributed by atoms with van der Waals surface area (Å²) in [6.07, 6.45) is 0. The zero-order valence-corrected chi connectivity index (χ0v) is 12.8. The molecule has 0 fully saturated rings. The van der Waals surface area contributed by atoms with Gasteiger partial charge in [0.05, 0.1) is 0 Å². The highest BCUT2D eigenvalue weighted by atomic mass is 79.9. The first-order chi connectivity index (χ1) is 9.83. The van der Waals surface area contributed by atoms with Crippen LogP contribution in [-0.4, -0.2) is 19.4 Å². The molecule has 0 aromatic heterocycles. The van der Waals surface area contributed by atoms with Crippen molar-refractivity contribution < 1.29 is 9.57 Å². The number of rotatable bonds is 6. The summed E-state index contributed by atoms with van der Waals surface area (Å²) in [5.41, 5.74) is 2.93. The number of ether oxygens (including phenoxy) is 1.